The van der Waals surface area contributed by atoms with E-state index in [4.69, 9.17) is 4.74 Å². The van der Waals surface area contributed by atoms with Crippen molar-refractivity contribution in [2.75, 3.05) is 6.61 Å². The summed E-state index contributed by atoms with van der Waals surface area (Å²) in [6, 6.07) is 0.149. The number of nitrogens with zero attached hydrogens (tertiary/aromatic N) is 2. The van der Waals surface area contributed by atoms with Gasteiger partial charge in [-0.25, -0.2) is 4.98 Å². The van der Waals surface area contributed by atoms with Gasteiger partial charge in [0.2, 0.25) is 5.82 Å². The first-order valence-corrected chi connectivity index (χ1v) is 6.49. The molecule has 1 aromatic rings. The quantitative estimate of drug-likeness (QED) is 0.845. The second-order valence-electron chi connectivity index (χ2n) is 4.74. The molecule has 2 N–H and O–H groups in total. The van der Waals surface area contributed by atoms with E-state index in [9.17, 15) is 4.79 Å². The van der Waals surface area contributed by atoms with Crippen LogP contribution in [-0.2, 0) is 4.74 Å². The van der Waals surface area contributed by atoms with E-state index >= 15 is 0 Å². The van der Waals surface area contributed by atoms with E-state index in [0.717, 1.165) is 25.7 Å². The zero-order valence-electron chi connectivity index (χ0n) is 10.9. The van der Waals surface area contributed by atoms with Crippen LogP contribution in [0.25, 0.3) is 0 Å². The van der Waals surface area contributed by atoms with E-state index in [1.165, 1.54) is 6.33 Å². The highest BCUT2D eigenvalue weighted by atomic mass is 16.5. The number of H-pyrrole nitrogens is 1. The van der Waals surface area contributed by atoms with Crippen LogP contribution in [0.3, 0.4) is 0 Å². The molecule has 1 saturated heterocycles. The Balaban J connectivity index is 1.96. The maximum atomic E-state index is 11.9. The molecule has 1 fully saturated rings. The average molecular weight is 252 g/mol. The third-order valence-corrected chi connectivity index (χ3v) is 3.75. The van der Waals surface area contributed by atoms with Gasteiger partial charge in [-0.05, 0) is 25.7 Å². The highest BCUT2D eigenvalue weighted by Crippen LogP contribution is 2.31. The molecule has 1 unspecified atom stereocenters. The Hall–Kier alpha value is -1.43. The molecule has 1 amide bonds. The van der Waals surface area contributed by atoms with Crippen LogP contribution < -0.4 is 5.32 Å². The Morgan fingerprint density at radius 2 is 2.39 bits per heavy atom. The van der Waals surface area contributed by atoms with Gasteiger partial charge in [-0.1, -0.05) is 13.8 Å². The lowest BCUT2D eigenvalue weighted by molar-refractivity contribution is -0.0918. The molecule has 1 atom stereocenters. The van der Waals surface area contributed by atoms with Crippen LogP contribution in [0, 0.1) is 0 Å². The second kappa shape index (κ2) is 5.48. The van der Waals surface area contributed by atoms with Crippen molar-refractivity contribution in [1.29, 1.82) is 0 Å². The molecule has 0 aliphatic carbocycles. The number of hydrogen-bond donors (Lipinski definition) is 2. The third kappa shape index (κ3) is 2.69. The zero-order valence-corrected chi connectivity index (χ0v) is 10.9. The first-order valence-electron chi connectivity index (χ1n) is 6.49. The highest BCUT2D eigenvalue weighted by Gasteiger charge is 2.35. The zero-order chi connectivity index (χ0) is 13.0. The smallest absolute Gasteiger partial charge is 0.288 e. The Bertz CT molecular complexity index is 387. The van der Waals surface area contributed by atoms with Gasteiger partial charge in [0.15, 0.2) is 0 Å². The molecule has 6 nitrogen and oxygen atoms in total. The predicted molar refractivity (Wildman–Crippen MR) is 66.1 cm³/mol. The van der Waals surface area contributed by atoms with E-state index in [0.29, 0.717) is 6.61 Å². The summed E-state index contributed by atoms with van der Waals surface area (Å²) in [5, 5.41) is 9.24. The summed E-state index contributed by atoms with van der Waals surface area (Å²) in [4.78, 5) is 15.7. The minimum absolute atomic E-state index is 0.0857. The van der Waals surface area contributed by atoms with Crippen molar-refractivity contribution in [1.82, 2.24) is 20.5 Å². The summed E-state index contributed by atoms with van der Waals surface area (Å²) in [5.41, 5.74) is -0.0857. The summed E-state index contributed by atoms with van der Waals surface area (Å²) >= 11 is 0. The van der Waals surface area contributed by atoms with Crippen LogP contribution in [-0.4, -0.2) is 39.3 Å². The number of amides is 1. The third-order valence-electron chi connectivity index (χ3n) is 3.75. The van der Waals surface area contributed by atoms with Crippen molar-refractivity contribution in [3.8, 4) is 0 Å². The molecule has 2 heterocycles. The average Bonchev–Trinajstić information content (AvgIpc) is 2.93. The lowest BCUT2D eigenvalue weighted by atomic mass is 9.86. The van der Waals surface area contributed by atoms with Gasteiger partial charge in [0.25, 0.3) is 5.91 Å². The molecule has 0 spiro atoms. The Morgan fingerprint density at radius 1 is 1.61 bits per heavy atom. The minimum atomic E-state index is -0.194. The van der Waals surface area contributed by atoms with Gasteiger partial charge >= 0.3 is 0 Å². The van der Waals surface area contributed by atoms with E-state index in [2.05, 4.69) is 34.3 Å². The Labute approximate surface area is 107 Å². The summed E-state index contributed by atoms with van der Waals surface area (Å²) in [6.45, 7) is 4.96. The minimum Gasteiger partial charge on any atom is -0.375 e. The maximum absolute atomic E-state index is 11.9. The molecular formula is C12H20N4O2. The van der Waals surface area contributed by atoms with Crippen LogP contribution >= 0.6 is 0 Å². The molecule has 1 aromatic heterocycles. The highest BCUT2D eigenvalue weighted by molar-refractivity contribution is 5.90. The molecule has 18 heavy (non-hydrogen) atoms. The first kappa shape index (κ1) is 13.0. The fourth-order valence-electron chi connectivity index (χ4n) is 2.46. The molecule has 0 radical (unpaired) electrons. The van der Waals surface area contributed by atoms with E-state index in [-0.39, 0.29) is 23.4 Å². The van der Waals surface area contributed by atoms with Crippen LogP contribution in [0.2, 0.25) is 0 Å². The summed E-state index contributed by atoms with van der Waals surface area (Å²) < 4.78 is 5.88. The fourth-order valence-corrected chi connectivity index (χ4v) is 2.46. The van der Waals surface area contributed by atoms with Crippen molar-refractivity contribution in [3.63, 3.8) is 0 Å². The van der Waals surface area contributed by atoms with Gasteiger partial charge in [-0.3, -0.25) is 9.89 Å². The number of carbonyl (C=O) groups is 1. The second-order valence-corrected chi connectivity index (χ2v) is 4.74. The van der Waals surface area contributed by atoms with Gasteiger partial charge in [0, 0.05) is 12.6 Å². The summed E-state index contributed by atoms with van der Waals surface area (Å²) in [5.74, 6) is 0.0700. The molecule has 2 rings (SSSR count). The standard InChI is InChI=1S/C12H20N4O2/c1-3-12(4-2)7-9(5-6-18-12)15-11(17)10-13-8-14-16-10/h8-9H,3-7H2,1-2H3,(H,15,17)(H,13,14,16). The Morgan fingerprint density at radius 3 is 3.00 bits per heavy atom. The van der Waals surface area contributed by atoms with Crippen molar-refractivity contribution >= 4 is 5.91 Å². The molecule has 1 aliphatic rings. The topological polar surface area (TPSA) is 79.9 Å². The molecule has 100 valence electrons. The van der Waals surface area contributed by atoms with E-state index < -0.39 is 0 Å². The van der Waals surface area contributed by atoms with Crippen molar-refractivity contribution in [3.05, 3.63) is 12.2 Å². The van der Waals surface area contributed by atoms with Crippen molar-refractivity contribution < 1.29 is 9.53 Å². The van der Waals surface area contributed by atoms with Gasteiger partial charge in [-0.15, -0.1) is 0 Å². The van der Waals surface area contributed by atoms with Crippen molar-refractivity contribution in [2.45, 2.75) is 51.2 Å². The number of aromatic nitrogens is 3. The summed E-state index contributed by atoms with van der Waals surface area (Å²) in [7, 11) is 0. The SMILES string of the molecule is CCC1(CC)CC(NC(=O)c2ncn[nH]2)CCO1. The van der Waals surface area contributed by atoms with Crippen molar-refractivity contribution in [2.24, 2.45) is 0 Å². The van der Waals surface area contributed by atoms with Gasteiger partial charge in [-0.2, -0.15) is 5.10 Å². The van der Waals surface area contributed by atoms with Gasteiger partial charge in [0.1, 0.15) is 6.33 Å². The fraction of sp³-hybridized carbons (Fsp3) is 0.750. The van der Waals surface area contributed by atoms with E-state index in [1.807, 2.05) is 0 Å². The van der Waals surface area contributed by atoms with E-state index in [1.54, 1.807) is 0 Å². The molecule has 1 aliphatic heterocycles. The summed E-state index contributed by atoms with van der Waals surface area (Å²) in [6.07, 6.45) is 4.99. The lowest BCUT2D eigenvalue weighted by Crippen LogP contribution is -2.48. The predicted octanol–water partition coefficient (Wildman–Crippen LogP) is 1.27. The number of nitrogens with one attached hydrogen (secondary N) is 2. The largest absolute Gasteiger partial charge is 0.375 e. The molecule has 0 aromatic carbocycles. The molecule has 6 heteroatoms. The number of ether oxygens (including phenoxy) is 1. The van der Waals surface area contributed by atoms with Crippen LogP contribution in [0.15, 0.2) is 6.33 Å². The molecular weight excluding hydrogens is 232 g/mol. The van der Waals surface area contributed by atoms with Crippen LogP contribution in [0.4, 0.5) is 0 Å². The normalized spacial score (nSPS) is 22.7. The molecule has 0 bridgehead atoms. The first-order chi connectivity index (χ1) is 8.69. The van der Waals surface area contributed by atoms with Gasteiger partial charge in [0.05, 0.1) is 5.60 Å². The number of hydrogen-bond acceptors (Lipinski definition) is 4. The van der Waals surface area contributed by atoms with Crippen LogP contribution in [0.5, 0.6) is 0 Å². The monoisotopic (exact) mass is 252 g/mol. The number of carbonyl (C=O) groups excluding carboxylic acids is 1. The number of aromatic amines is 1. The van der Waals surface area contributed by atoms with Crippen LogP contribution in [0.1, 0.15) is 50.1 Å². The lowest BCUT2D eigenvalue weighted by Gasteiger charge is -2.40. The molecule has 0 saturated carbocycles. The Kier molecular flexibility index (Phi) is 3.96. The van der Waals surface area contributed by atoms with Gasteiger partial charge < -0.3 is 10.1 Å². The maximum Gasteiger partial charge on any atom is 0.288 e. The number of rotatable bonds is 4.